The van der Waals surface area contributed by atoms with E-state index in [9.17, 15) is 9.90 Å². The molecule has 8 nitrogen and oxygen atoms in total. The largest absolute Gasteiger partial charge is 0.492 e. The number of nitrogens with one attached hydrogen (secondary N) is 1. The maximum Gasteiger partial charge on any atom is 0.335 e. The van der Waals surface area contributed by atoms with Crippen molar-refractivity contribution in [3.63, 3.8) is 0 Å². The number of carboxylic acid groups (broad SMARTS) is 1. The van der Waals surface area contributed by atoms with Gasteiger partial charge in [-0.1, -0.05) is 17.7 Å². The maximum absolute atomic E-state index is 11.3. The number of hydrogen-bond acceptors (Lipinski definition) is 5. The van der Waals surface area contributed by atoms with Crippen molar-refractivity contribution < 1.29 is 19.4 Å². The number of anilines is 1. The molecule has 3 rings (SSSR count). The second kappa shape index (κ2) is 13.0. The number of rotatable bonds is 10. The van der Waals surface area contributed by atoms with Gasteiger partial charge in [0, 0.05) is 63.7 Å². The van der Waals surface area contributed by atoms with Gasteiger partial charge in [0.05, 0.1) is 5.56 Å². The normalized spacial score (nSPS) is 14.8. The van der Waals surface area contributed by atoms with Crippen LogP contribution in [-0.2, 0) is 4.74 Å². The highest BCUT2D eigenvalue weighted by molar-refractivity contribution is 6.30. The van der Waals surface area contributed by atoms with Crippen LogP contribution in [0.15, 0.2) is 53.5 Å². The molecule has 178 valence electrons. The highest BCUT2D eigenvalue weighted by atomic mass is 35.5. The molecule has 2 aromatic carbocycles. The molecule has 0 aliphatic carbocycles. The number of halogens is 1. The standard InChI is InChI=1S/C24H31ClN4O4/c1-32-16-3-10-26-24(27-21-5-2-4-19(18-21)23(30)31)29-13-11-28(12-14-29)15-17-33-22-8-6-20(25)7-9-22/h2,4-9,18H,3,10-17H2,1H3,(H,26,27)(H,30,31). The van der Waals surface area contributed by atoms with Gasteiger partial charge in [-0.25, -0.2) is 4.79 Å². The third-order valence-corrected chi connectivity index (χ3v) is 5.55. The zero-order valence-corrected chi connectivity index (χ0v) is 19.6. The minimum atomic E-state index is -0.952. The average Bonchev–Trinajstić information content (AvgIpc) is 2.83. The van der Waals surface area contributed by atoms with Crippen molar-refractivity contribution in [1.82, 2.24) is 9.80 Å². The van der Waals surface area contributed by atoms with E-state index in [1.807, 2.05) is 30.3 Å². The summed E-state index contributed by atoms with van der Waals surface area (Å²) in [7, 11) is 1.68. The van der Waals surface area contributed by atoms with Gasteiger partial charge in [-0.05, 0) is 48.9 Å². The molecule has 1 aliphatic heterocycles. The van der Waals surface area contributed by atoms with Gasteiger partial charge < -0.3 is 24.8 Å². The molecule has 0 amide bonds. The van der Waals surface area contributed by atoms with Crippen LogP contribution in [0.3, 0.4) is 0 Å². The monoisotopic (exact) mass is 474 g/mol. The number of ether oxygens (including phenoxy) is 2. The van der Waals surface area contributed by atoms with E-state index in [1.54, 1.807) is 25.3 Å². The van der Waals surface area contributed by atoms with E-state index in [-0.39, 0.29) is 5.56 Å². The van der Waals surface area contributed by atoms with Gasteiger partial charge in [0.25, 0.3) is 0 Å². The summed E-state index contributed by atoms with van der Waals surface area (Å²) in [4.78, 5) is 20.6. The lowest BCUT2D eigenvalue weighted by Gasteiger charge is -2.36. The van der Waals surface area contributed by atoms with Crippen LogP contribution in [-0.4, -0.2) is 86.4 Å². The van der Waals surface area contributed by atoms with Crippen LogP contribution in [0.4, 0.5) is 5.69 Å². The SMILES string of the molecule is COCCCN=C(Nc1cccc(C(=O)O)c1)N1CCN(CCOc2ccc(Cl)cc2)CC1. The van der Waals surface area contributed by atoms with Gasteiger partial charge in [-0.15, -0.1) is 0 Å². The number of carbonyl (C=O) groups is 1. The predicted molar refractivity (Wildman–Crippen MR) is 131 cm³/mol. The summed E-state index contributed by atoms with van der Waals surface area (Å²) >= 11 is 5.91. The van der Waals surface area contributed by atoms with Crippen LogP contribution in [0.25, 0.3) is 0 Å². The minimum absolute atomic E-state index is 0.240. The summed E-state index contributed by atoms with van der Waals surface area (Å²) in [6.45, 7) is 6.13. The van der Waals surface area contributed by atoms with Crippen molar-refractivity contribution in [1.29, 1.82) is 0 Å². The van der Waals surface area contributed by atoms with E-state index in [0.29, 0.717) is 30.5 Å². The van der Waals surface area contributed by atoms with Crippen LogP contribution < -0.4 is 10.1 Å². The van der Waals surface area contributed by atoms with Crippen molar-refractivity contribution in [2.24, 2.45) is 4.99 Å². The Morgan fingerprint density at radius 3 is 2.58 bits per heavy atom. The molecular weight excluding hydrogens is 444 g/mol. The average molecular weight is 475 g/mol. The smallest absolute Gasteiger partial charge is 0.335 e. The summed E-state index contributed by atoms with van der Waals surface area (Å²) in [5, 5.41) is 13.3. The molecule has 0 bridgehead atoms. The number of carboxylic acids is 1. The lowest BCUT2D eigenvalue weighted by molar-refractivity contribution is 0.0697. The van der Waals surface area contributed by atoms with Crippen LogP contribution in [0.2, 0.25) is 5.02 Å². The lowest BCUT2D eigenvalue weighted by atomic mass is 10.2. The number of methoxy groups -OCH3 is 1. The summed E-state index contributed by atoms with van der Waals surface area (Å²) in [5.41, 5.74) is 0.948. The second-order valence-corrected chi connectivity index (χ2v) is 8.13. The molecule has 1 fully saturated rings. The molecule has 1 saturated heterocycles. The van der Waals surface area contributed by atoms with Crippen molar-refractivity contribution >= 4 is 29.2 Å². The Morgan fingerprint density at radius 2 is 1.88 bits per heavy atom. The van der Waals surface area contributed by atoms with Gasteiger partial charge in [0.1, 0.15) is 12.4 Å². The molecule has 2 aromatic rings. The Hall–Kier alpha value is -2.81. The van der Waals surface area contributed by atoms with E-state index in [1.165, 1.54) is 0 Å². The number of aliphatic imine (C=N–C) groups is 1. The molecule has 0 saturated carbocycles. The Labute approximate surface area is 199 Å². The number of aromatic carboxylic acids is 1. The first kappa shape index (κ1) is 24.8. The van der Waals surface area contributed by atoms with E-state index < -0.39 is 5.97 Å². The first-order valence-electron chi connectivity index (χ1n) is 11.0. The van der Waals surface area contributed by atoms with Crippen LogP contribution in [0.1, 0.15) is 16.8 Å². The summed E-state index contributed by atoms with van der Waals surface area (Å²) < 4.78 is 10.9. The van der Waals surface area contributed by atoms with Gasteiger partial charge in [-0.2, -0.15) is 0 Å². The molecule has 0 spiro atoms. The molecule has 0 aromatic heterocycles. The zero-order valence-electron chi connectivity index (χ0n) is 18.9. The number of hydrogen-bond donors (Lipinski definition) is 2. The third kappa shape index (κ3) is 8.24. The van der Waals surface area contributed by atoms with Crippen molar-refractivity contribution in [2.45, 2.75) is 6.42 Å². The molecule has 2 N–H and O–H groups in total. The lowest BCUT2D eigenvalue weighted by Crippen LogP contribution is -2.51. The van der Waals surface area contributed by atoms with Gasteiger partial charge in [-0.3, -0.25) is 9.89 Å². The molecule has 33 heavy (non-hydrogen) atoms. The Balaban J connectivity index is 1.53. The fourth-order valence-corrected chi connectivity index (χ4v) is 3.60. The number of nitrogens with zero attached hydrogens (tertiary/aromatic N) is 3. The Kier molecular flexibility index (Phi) is 9.80. The fourth-order valence-electron chi connectivity index (χ4n) is 3.48. The summed E-state index contributed by atoms with van der Waals surface area (Å²) in [6, 6.07) is 14.2. The minimum Gasteiger partial charge on any atom is -0.492 e. The van der Waals surface area contributed by atoms with E-state index >= 15 is 0 Å². The molecule has 9 heteroatoms. The maximum atomic E-state index is 11.3. The molecule has 1 aliphatic rings. The summed E-state index contributed by atoms with van der Waals surface area (Å²) in [5.74, 6) is 0.619. The van der Waals surface area contributed by atoms with Crippen molar-refractivity contribution in [3.05, 3.63) is 59.1 Å². The quantitative estimate of drug-likeness (QED) is 0.309. The zero-order chi connectivity index (χ0) is 23.5. The van der Waals surface area contributed by atoms with Crippen molar-refractivity contribution in [3.8, 4) is 5.75 Å². The second-order valence-electron chi connectivity index (χ2n) is 7.69. The van der Waals surface area contributed by atoms with Crippen molar-refractivity contribution in [2.75, 3.05) is 64.9 Å². The Bertz CT molecular complexity index is 915. The molecule has 1 heterocycles. The molecule has 0 atom stereocenters. The van der Waals surface area contributed by atoms with Gasteiger partial charge in [0.2, 0.25) is 0 Å². The summed E-state index contributed by atoms with van der Waals surface area (Å²) in [6.07, 6.45) is 0.818. The first-order valence-corrected chi connectivity index (χ1v) is 11.4. The van der Waals surface area contributed by atoms with Crippen LogP contribution in [0.5, 0.6) is 5.75 Å². The highest BCUT2D eigenvalue weighted by Gasteiger charge is 2.20. The highest BCUT2D eigenvalue weighted by Crippen LogP contribution is 2.16. The van der Waals surface area contributed by atoms with E-state index in [2.05, 4.69) is 15.1 Å². The van der Waals surface area contributed by atoms with E-state index in [0.717, 1.165) is 50.9 Å². The predicted octanol–water partition coefficient (Wildman–Crippen LogP) is 3.54. The van der Waals surface area contributed by atoms with Crippen LogP contribution in [0, 0.1) is 0 Å². The topological polar surface area (TPSA) is 86.6 Å². The molecular formula is C24H31ClN4O4. The third-order valence-electron chi connectivity index (χ3n) is 5.30. The molecule has 0 unspecified atom stereocenters. The Morgan fingerprint density at radius 1 is 1.12 bits per heavy atom. The van der Waals surface area contributed by atoms with Gasteiger partial charge >= 0.3 is 5.97 Å². The van der Waals surface area contributed by atoms with Gasteiger partial charge in [0.15, 0.2) is 5.96 Å². The number of piperazine rings is 1. The van der Waals surface area contributed by atoms with Crippen LogP contribution >= 0.6 is 11.6 Å². The van der Waals surface area contributed by atoms with E-state index in [4.69, 9.17) is 26.1 Å². The first-order chi connectivity index (χ1) is 16.0. The molecule has 0 radical (unpaired) electrons. The number of benzene rings is 2. The fraction of sp³-hybridized carbons (Fsp3) is 0.417. The number of guanidine groups is 1.